The predicted molar refractivity (Wildman–Crippen MR) is 78.4 cm³/mol. The first-order chi connectivity index (χ1) is 9.58. The Labute approximate surface area is 120 Å². The quantitative estimate of drug-likeness (QED) is 0.878. The van der Waals surface area contributed by atoms with Gasteiger partial charge in [0.05, 0.1) is 18.8 Å². The number of ether oxygens (including phenoxy) is 1. The molecule has 1 saturated heterocycles. The predicted octanol–water partition coefficient (Wildman–Crippen LogP) is 1.28. The largest absolute Gasteiger partial charge is 0.383 e. The molecular weight excluding hydrogens is 254 g/mol. The Kier molecular flexibility index (Phi) is 4.73. The van der Waals surface area contributed by atoms with Gasteiger partial charge in [-0.25, -0.2) is 4.98 Å². The number of pyridine rings is 1. The van der Waals surface area contributed by atoms with Gasteiger partial charge in [-0.05, 0) is 19.4 Å². The van der Waals surface area contributed by atoms with Crippen LogP contribution in [0.3, 0.4) is 0 Å². The van der Waals surface area contributed by atoms with Crippen molar-refractivity contribution < 1.29 is 9.53 Å². The highest BCUT2D eigenvalue weighted by molar-refractivity contribution is 5.90. The average Bonchev–Trinajstić information content (AvgIpc) is 2.49. The Morgan fingerprint density at radius 2 is 2.20 bits per heavy atom. The molecule has 2 rings (SSSR count). The first-order valence-corrected chi connectivity index (χ1v) is 7.13. The van der Waals surface area contributed by atoms with E-state index in [0.717, 1.165) is 25.1 Å². The number of aromatic nitrogens is 1. The standard InChI is InChI=1S/C15H23N3O2/c1-3-15(2,18-7-9-20-10-8-18)13(19)11-12-5-4-6-17-14(12)16/h4-6H,3,7-11H2,1-2H3,(H2,16,17). The van der Waals surface area contributed by atoms with Gasteiger partial charge in [0.1, 0.15) is 5.82 Å². The zero-order valence-electron chi connectivity index (χ0n) is 12.3. The van der Waals surface area contributed by atoms with Crippen LogP contribution in [0, 0.1) is 0 Å². The third kappa shape index (κ3) is 2.99. The van der Waals surface area contributed by atoms with Crippen molar-refractivity contribution in [2.75, 3.05) is 32.0 Å². The van der Waals surface area contributed by atoms with Crippen LogP contribution < -0.4 is 5.73 Å². The summed E-state index contributed by atoms with van der Waals surface area (Å²) < 4.78 is 5.37. The van der Waals surface area contributed by atoms with Crippen LogP contribution in [0.25, 0.3) is 0 Å². The minimum Gasteiger partial charge on any atom is -0.383 e. The van der Waals surface area contributed by atoms with E-state index in [1.165, 1.54) is 0 Å². The molecule has 0 spiro atoms. The Hall–Kier alpha value is -1.46. The normalized spacial score (nSPS) is 19.5. The van der Waals surface area contributed by atoms with Crippen molar-refractivity contribution in [3.8, 4) is 0 Å². The first kappa shape index (κ1) is 14.9. The van der Waals surface area contributed by atoms with Gasteiger partial charge in [0, 0.05) is 31.3 Å². The molecule has 0 radical (unpaired) electrons. The van der Waals surface area contributed by atoms with E-state index in [4.69, 9.17) is 10.5 Å². The van der Waals surface area contributed by atoms with Crippen LogP contribution in [0.4, 0.5) is 5.82 Å². The molecule has 0 saturated carbocycles. The number of Topliss-reactive ketones (excluding diaryl/α,β-unsaturated/α-hetero) is 1. The van der Waals surface area contributed by atoms with Gasteiger partial charge < -0.3 is 10.5 Å². The van der Waals surface area contributed by atoms with Gasteiger partial charge in [-0.15, -0.1) is 0 Å². The molecule has 1 aromatic heterocycles. The SMILES string of the molecule is CCC(C)(C(=O)Cc1cccnc1N)N1CCOCC1. The van der Waals surface area contributed by atoms with Crippen molar-refractivity contribution in [1.29, 1.82) is 0 Å². The highest BCUT2D eigenvalue weighted by Crippen LogP contribution is 2.24. The topological polar surface area (TPSA) is 68.5 Å². The minimum atomic E-state index is -0.452. The van der Waals surface area contributed by atoms with Crippen LogP contribution >= 0.6 is 0 Å². The number of carbonyl (C=O) groups excluding carboxylic acids is 1. The lowest BCUT2D eigenvalue weighted by atomic mass is 9.87. The van der Waals surface area contributed by atoms with Crippen molar-refractivity contribution in [2.45, 2.75) is 32.2 Å². The summed E-state index contributed by atoms with van der Waals surface area (Å²) in [6.45, 7) is 7.07. The van der Waals surface area contributed by atoms with Crippen molar-refractivity contribution >= 4 is 11.6 Å². The van der Waals surface area contributed by atoms with Crippen molar-refractivity contribution in [2.24, 2.45) is 0 Å². The number of anilines is 1. The fourth-order valence-corrected chi connectivity index (χ4v) is 2.62. The smallest absolute Gasteiger partial charge is 0.157 e. The number of hydrogen-bond donors (Lipinski definition) is 1. The van der Waals surface area contributed by atoms with Crippen molar-refractivity contribution in [1.82, 2.24) is 9.88 Å². The van der Waals surface area contributed by atoms with E-state index in [0.29, 0.717) is 25.5 Å². The summed E-state index contributed by atoms with van der Waals surface area (Å²) in [5, 5.41) is 0. The molecule has 1 unspecified atom stereocenters. The molecule has 5 heteroatoms. The molecule has 2 heterocycles. The number of rotatable bonds is 5. The van der Waals surface area contributed by atoms with Gasteiger partial charge in [-0.3, -0.25) is 9.69 Å². The Morgan fingerprint density at radius 1 is 1.50 bits per heavy atom. The third-order valence-corrected chi connectivity index (χ3v) is 4.28. The maximum absolute atomic E-state index is 12.8. The molecule has 2 N–H and O–H groups in total. The molecule has 0 amide bonds. The second-order valence-electron chi connectivity index (χ2n) is 5.37. The number of morpholine rings is 1. The third-order valence-electron chi connectivity index (χ3n) is 4.28. The van der Waals surface area contributed by atoms with E-state index in [9.17, 15) is 4.79 Å². The molecule has 0 bridgehead atoms. The number of ketones is 1. The summed E-state index contributed by atoms with van der Waals surface area (Å²) in [5.41, 5.74) is 6.19. The van der Waals surface area contributed by atoms with Gasteiger partial charge in [0.2, 0.25) is 0 Å². The van der Waals surface area contributed by atoms with Crippen LogP contribution in [0.1, 0.15) is 25.8 Å². The van der Waals surface area contributed by atoms with Crippen LogP contribution in [0.5, 0.6) is 0 Å². The van der Waals surface area contributed by atoms with Crippen LogP contribution in [-0.4, -0.2) is 47.5 Å². The Morgan fingerprint density at radius 3 is 2.80 bits per heavy atom. The highest BCUT2D eigenvalue weighted by atomic mass is 16.5. The van der Waals surface area contributed by atoms with E-state index in [2.05, 4.69) is 16.8 Å². The second-order valence-corrected chi connectivity index (χ2v) is 5.37. The lowest BCUT2D eigenvalue weighted by molar-refractivity contribution is -0.133. The Balaban J connectivity index is 2.14. The number of carbonyl (C=O) groups is 1. The van der Waals surface area contributed by atoms with E-state index in [-0.39, 0.29) is 5.78 Å². The molecule has 0 aromatic carbocycles. The maximum atomic E-state index is 12.8. The summed E-state index contributed by atoms with van der Waals surface area (Å²) in [5.74, 6) is 0.642. The second kappa shape index (κ2) is 6.33. The van der Waals surface area contributed by atoms with E-state index < -0.39 is 5.54 Å². The number of nitrogens with two attached hydrogens (primary N) is 1. The van der Waals surface area contributed by atoms with Crippen molar-refractivity contribution in [3.63, 3.8) is 0 Å². The molecule has 110 valence electrons. The first-order valence-electron chi connectivity index (χ1n) is 7.13. The molecular formula is C15H23N3O2. The molecule has 5 nitrogen and oxygen atoms in total. The van der Waals surface area contributed by atoms with Crippen LogP contribution in [-0.2, 0) is 16.0 Å². The van der Waals surface area contributed by atoms with E-state index in [1.54, 1.807) is 6.20 Å². The fraction of sp³-hybridized carbons (Fsp3) is 0.600. The fourth-order valence-electron chi connectivity index (χ4n) is 2.62. The van der Waals surface area contributed by atoms with Crippen LogP contribution in [0.15, 0.2) is 18.3 Å². The molecule has 1 aliphatic heterocycles. The highest BCUT2D eigenvalue weighted by Gasteiger charge is 2.38. The zero-order valence-corrected chi connectivity index (χ0v) is 12.3. The number of hydrogen-bond acceptors (Lipinski definition) is 5. The summed E-state index contributed by atoms with van der Waals surface area (Å²) in [7, 11) is 0. The molecule has 1 fully saturated rings. The zero-order chi connectivity index (χ0) is 14.6. The van der Waals surface area contributed by atoms with Gasteiger partial charge >= 0.3 is 0 Å². The van der Waals surface area contributed by atoms with Gasteiger partial charge in [0.15, 0.2) is 5.78 Å². The van der Waals surface area contributed by atoms with Gasteiger partial charge in [-0.2, -0.15) is 0 Å². The molecule has 1 atom stereocenters. The molecule has 1 aliphatic rings. The summed E-state index contributed by atoms with van der Waals surface area (Å²) in [6.07, 6.45) is 2.76. The maximum Gasteiger partial charge on any atom is 0.157 e. The average molecular weight is 277 g/mol. The summed E-state index contributed by atoms with van der Waals surface area (Å²) >= 11 is 0. The number of nitrogens with zero attached hydrogens (tertiary/aromatic N) is 2. The van der Waals surface area contributed by atoms with E-state index >= 15 is 0 Å². The monoisotopic (exact) mass is 277 g/mol. The summed E-state index contributed by atoms with van der Waals surface area (Å²) in [6, 6.07) is 3.69. The van der Waals surface area contributed by atoms with E-state index in [1.807, 2.05) is 19.1 Å². The number of nitrogen functional groups attached to an aromatic ring is 1. The lowest BCUT2D eigenvalue weighted by Gasteiger charge is -2.41. The molecule has 20 heavy (non-hydrogen) atoms. The summed E-state index contributed by atoms with van der Waals surface area (Å²) in [4.78, 5) is 19.0. The molecule has 1 aromatic rings. The molecule has 0 aliphatic carbocycles. The van der Waals surface area contributed by atoms with Crippen molar-refractivity contribution in [3.05, 3.63) is 23.9 Å². The van der Waals surface area contributed by atoms with Gasteiger partial charge in [-0.1, -0.05) is 13.0 Å². The van der Waals surface area contributed by atoms with Gasteiger partial charge in [0.25, 0.3) is 0 Å². The lowest BCUT2D eigenvalue weighted by Crippen LogP contribution is -2.56. The van der Waals surface area contributed by atoms with Crippen LogP contribution in [0.2, 0.25) is 0 Å². The minimum absolute atomic E-state index is 0.196. The Bertz CT molecular complexity index is 472.